The number of ether oxygens (including phenoxy) is 2. The van der Waals surface area contributed by atoms with Gasteiger partial charge >= 0.3 is 6.03 Å². The third kappa shape index (κ3) is 5.97. The fourth-order valence-corrected chi connectivity index (χ4v) is 3.96. The van der Waals surface area contributed by atoms with Crippen molar-refractivity contribution in [1.29, 1.82) is 0 Å². The van der Waals surface area contributed by atoms with Gasteiger partial charge in [0.1, 0.15) is 17.3 Å². The van der Waals surface area contributed by atoms with Gasteiger partial charge in [0.25, 0.3) is 0 Å². The summed E-state index contributed by atoms with van der Waals surface area (Å²) in [6, 6.07) is 17.2. The second-order valence-corrected chi connectivity index (χ2v) is 8.17. The van der Waals surface area contributed by atoms with Crippen molar-refractivity contribution in [3.63, 3.8) is 0 Å². The molecule has 0 saturated heterocycles. The highest BCUT2D eigenvalue weighted by Crippen LogP contribution is 2.23. The summed E-state index contributed by atoms with van der Waals surface area (Å²) < 4.78 is 11.8. The smallest absolute Gasteiger partial charge is 0.344 e. The molecule has 1 amide bonds. The number of hydrogen-bond acceptors (Lipinski definition) is 6. The molecule has 2 aromatic carbocycles. The second-order valence-electron chi connectivity index (χ2n) is 8.17. The Morgan fingerprint density at radius 3 is 2.24 bits per heavy atom. The molecule has 33 heavy (non-hydrogen) atoms. The molecule has 3 aromatic rings. The lowest BCUT2D eigenvalue weighted by Gasteiger charge is -2.22. The molecule has 0 spiro atoms. The van der Waals surface area contributed by atoms with Crippen LogP contribution in [0.15, 0.2) is 54.6 Å². The zero-order valence-electron chi connectivity index (χ0n) is 19.1. The minimum Gasteiger partial charge on any atom is -0.497 e. The van der Waals surface area contributed by atoms with Crippen molar-refractivity contribution in [3.8, 4) is 11.5 Å². The van der Waals surface area contributed by atoms with Gasteiger partial charge in [0.15, 0.2) is 5.82 Å². The molecule has 8 heteroatoms. The molecule has 3 N–H and O–H groups in total. The quantitative estimate of drug-likeness (QED) is 0.441. The van der Waals surface area contributed by atoms with Crippen LogP contribution in [0.25, 0.3) is 0 Å². The van der Waals surface area contributed by atoms with E-state index >= 15 is 0 Å². The predicted octanol–water partition coefficient (Wildman–Crippen LogP) is 5.15. The van der Waals surface area contributed by atoms with Gasteiger partial charge < -0.3 is 25.4 Å². The number of nitrogens with one attached hydrogen (secondary N) is 3. The highest BCUT2D eigenvalue weighted by Gasteiger charge is 2.20. The van der Waals surface area contributed by atoms with Crippen molar-refractivity contribution >= 4 is 23.4 Å². The van der Waals surface area contributed by atoms with Crippen LogP contribution in [0.2, 0.25) is 0 Å². The molecule has 1 aliphatic carbocycles. The third-order valence-corrected chi connectivity index (χ3v) is 5.83. The van der Waals surface area contributed by atoms with Crippen LogP contribution in [0.4, 0.5) is 22.1 Å². The van der Waals surface area contributed by atoms with Crippen molar-refractivity contribution in [2.24, 2.45) is 0 Å². The van der Waals surface area contributed by atoms with Crippen molar-refractivity contribution in [2.75, 3.05) is 24.9 Å². The lowest BCUT2D eigenvalue weighted by Crippen LogP contribution is -2.39. The summed E-state index contributed by atoms with van der Waals surface area (Å²) in [5.74, 6) is 2.78. The van der Waals surface area contributed by atoms with Crippen molar-refractivity contribution in [1.82, 2.24) is 15.1 Å². The van der Waals surface area contributed by atoms with Gasteiger partial charge in [-0.2, -0.15) is 4.68 Å². The van der Waals surface area contributed by atoms with E-state index in [1.807, 2.05) is 54.6 Å². The number of rotatable bonds is 8. The monoisotopic (exact) mass is 449 g/mol. The van der Waals surface area contributed by atoms with Crippen LogP contribution in [0.5, 0.6) is 11.5 Å². The SMILES string of the molecule is COc1ccc(CNc2cc(Nc3ccc(OC)cc3)nn2C(=O)NC2CCCCC2)cc1. The Morgan fingerprint density at radius 1 is 0.970 bits per heavy atom. The molecule has 1 aliphatic rings. The lowest BCUT2D eigenvalue weighted by molar-refractivity contribution is 0.232. The maximum Gasteiger partial charge on any atom is 0.344 e. The highest BCUT2D eigenvalue weighted by atomic mass is 16.5. The van der Waals surface area contributed by atoms with E-state index < -0.39 is 0 Å². The molecule has 0 aliphatic heterocycles. The summed E-state index contributed by atoms with van der Waals surface area (Å²) >= 11 is 0. The number of carbonyl (C=O) groups is 1. The van der Waals surface area contributed by atoms with Gasteiger partial charge in [-0.25, -0.2) is 4.79 Å². The molecule has 0 bridgehead atoms. The van der Waals surface area contributed by atoms with E-state index in [9.17, 15) is 4.79 Å². The molecular weight excluding hydrogens is 418 g/mol. The van der Waals surface area contributed by atoms with Gasteiger partial charge in [-0.05, 0) is 54.8 Å². The fourth-order valence-electron chi connectivity index (χ4n) is 3.96. The van der Waals surface area contributed by atoms with E-state index in [2.05, 4.69) is 21.0 Å². The van der Waals surface area contributed by atoms with Crippen LogP contribution >= 0.6 is 0 Å². The van der Waals surface area contributed by atoms with E-state index in [1.54, 1.807) is 14.2 Å². The van der Waals surface area contributed by atoms with Gasteiger partial charge in [0.05, 0.1) is 14.2 Å². The van der Waals surface area contributed by atoms with Crippen molar-refractivity contribution < 1.29 is 14.3 Å². The average molecular weight is 450 g/mol. The number of hydrogen-bond donors (Lipinski definition) is 3. The first-order valence-corrected chi connectivity index (χ1v) is 11.3. The summed E-state index contributed by atoms with van der Waals surface area (Å²) in [6.07, 6.45) is 5.56. The summed E-state index contributed by atoms with van der Waals surface area (Å²) in [5, 5.41) is 14.3. The standard InChI is InChI=1S/C25H31N5O3/c1-32-21-12-8-18(9-13-21)17-26-24-16-23(27-20-10-14-22(33-2)15-11-20)29-30(24)25(31)28-19-6-4-3-5-7-19/h8-16,19,26H,3-7,17H2,1-2H3,(H,27,29)(H,28,31). The summed E-state index contributed by atoms with van der Waals surface area (Å²) in [5.41, 5.74) is 1.93. The minimum absolute atomic E-state index is 0.197. The van der Waals surface area contributed by atoms with Gasteiger partial charge in [0.2, 0.25) is 0 Å². The molecule has 8 nitrogen and oxygen atoms in total. The summed E-state index contributed by atoms with van der Waals surface area (Å²) in [7, 11) is 3.28. The predicted molar refractivity (Wildman–Crippen MR) is 130 cm³/mol. The van der Waals surface area contributed by atoms with Crippen LogP contribution in [-0.4, -0.2) is 36.1 Å². The Hall–Kier alpha value is -3.68. The second kappa shape index (κ2) is 10.8. The van der Waals surface area contributed by atoms with Crippen LogP contribution in [0.3, 0.4) is 0 Å². The molecule has 1 fully saturated rings. The first kappa shape index (κ1) is 22.5. The molecular formula is C25H31N5O3. The van der Waals surface area contributed by atoms with Crippen LogP contribution in [0, 0.1) is 0 Å². The number of anilines is 3. The Balaban J connectivity index is 1.51. The van der Waals surface area contributed by atoms with E-state index in [1.165, 1.54) is 11.1 Å². The number of amides is 1. The number of nitrogens with zero attached hydrogens (tertiary/aromatic N) is 2. The molecule has 1 heterocycles. The normalized spacial score (nSPS) is 13.9. The van der Waals surface area contributed by atoms with E-state index in [0.717, 1.165) is 48.4 Å². The van der Waals surface area contributed by atoms with Crippen LogP contribution in [0.1, 0.15) is 37.7 Å². The summed E-state index contributed by atoms with van der Waals surface area (Å²) in [6.45, 7) is 0.550. The highest BCUT2D eigenvalue weighted by molar-refractivity contribution is 5.81. The maximum atomic E-state index is 13.1. The lowest BCUT2D eigenvalue weighted by atomic mass is 9.96. The zero-order chi connectivity index (χ0) is 23.0. The number of methoxy groups -OCH3 is 2. The number of benzene rings is 2. The molecule has 0 unspecified atom stereocenters. The average Bonchev–Trinajstić information content (AvgIpc) is 3.27. The van der Waals surface area contributed by atoms with Crippen LogP contribution < -0.4 is 25.4 Å². The maximum absolute atomic E-state index is 13.1. The van der Waals surface area contributed by atoms with E-state index in [0.29, 0.717) is 18.2 Å². The van der Waals surface area contributed by atoms with Gasteiger partial charge in [-0.15, -0.1) is 5.10 Å². The van der Waals surface area contributed by atoms with E-state index in [4.69, 9.17) is 9.47 Å². The van der Waals surface area contributed by atoms with Gasteiger partial charge in [-0.3, -0.25) is 0 Å². The molecule has 1 saturated carbocycles. The van der Waals surface area contributed by atoms with Crippen molar-refractivity contribution in [2.45, 2.75) is 44.7 Å². The Morgan fingerprint density at radius 2 is 1.61 bits per heavy atom. The first-order chi connectivity index (χ1) is 16.1. The van der Waals surface area contributed by atoms with Crippen molar-refractivity contribution in [3.05, 3.63) is 60.2 Å². The topological polar surface area (TPSA) is 89.4 Å². The zero-order valence-corrected chi connectivity index (χ0v) is 19.1. The van der Waals surface area contributed by atoms with Gasteiger partial charge in [0, 0.05) is 24.3 Å². The molecule has 174 valence electrons. The van der Waals surface area contributed by atoms with E-state index in [-0.39, 0.29) is 12.1 Å². The largest absolute Gasteiger partial charge is 0.497 e. The Kier molecular flexibility index (Phi) is 7.34. The molecule has 0 atom stereocenters. The Labute approximate surface area is 194 Å². The molecule has 4 rings (SSSR count). The summed E-state index contributed by atoms with van der Waals surface area (Å²) in [4.78, 5) is 13.1. The van der Waals surface area contributed by atoms with Crippen LogP contribution in [-0.2, 0) is 6.54 Å². The Bertz CT molecular complexity index is 1040. The fraction of sp³-hybridized carbons (Fsp3) is 0.360. The minimum atomic E-state index is -0.220. The molecule has 1 aromatic heterocycles. The number of aromatic nitrogens is 2. The number of carbonyl (C=O) groups excluding carboxylic acids is 1. The first-order valence-electron chi connectivity index (χ1n) is 11.3. The third-order valence-electron chi connectivity index (χ3n) is 5.83. The van der Waals surface area contributed by atoms with Gasteiger partial charge in [-0.1, -0.05) is 31.4 Å². The molecule has 0 radical (unpaired) electrons.